The van der Waals surface area contributed by atoms with Gasteiger partial charge in [0.15, 0.2) is 0 Å². The maximum Gasteiger partial charge on any atom is 0.250 e. The fourth-order valence-electron chi connectivity index (χ4n) is 0.523. The van der Waals surface area contributed by atoms with Gasteiger partial charge >= 0.3 is 0 Å². The molecule has 0 aliphatic carbocycles. The highest BCUT2D eigenvalue weighted by atomic mass is 19.3. The van der Waals surface area contributed by atoms with Gasteiger partial charge in [0.05, 0.1) is 0 Å². The Kier molecular flexibility index (Phi) is 3.68. The lowest BCUT2D eigenvalue weighted by atomic mass is 10.1. The predicted molar refractivity (Wildman–Crippen MR) is 30.7 cm³/mol. The van der Waals surface area contributed by atoms with Crippen LogP contribution in [0.4, 0.5) is 17.6 Å². The van der Waals surface area contributed by atoms with Gasteiger partial charge in [-0.2, -0.15) is 0 Å². The highest BCUT2D eigenvalue weighted by Crippen LogP contribution is 2.25. The highest BCUT2D eigenvalue weighted by Gasteiger charge is 2.30. The van der Waals surface area contributed by atoms with E-state index in [9.17, 15) is 17.6 Å². The number of hydrogen-bond donors (Lipinski definition) is 0. The van der Waals surface area contributed by atoms with E-state index in [1.165, 1.54) is 6.92 Å². The summed E-state index contributed by atoms with van der Waals surface area (Å²) in [6.07, 6.45) is -3.46. The summed E-state index contributed by atoms with van der Waals surface area (Å²) in [7, 11) is 0. The van der Waals surface area contributed by atoms with Crippen LogP contribution in [-0.2, 0) is 0 Å². The van der Waals surface area contributed by atoms with Gasteiger partial charge in [-0.05, 0) is 0 Å². The van der Waals surface area contributed by atoms with Crippen LogP contribution in [0.2, 0.25) is 0 Å². The molecular weight excluding hydrogens is 148 g/mol. The average molecular weight is 158 g/mol. The third kappa shape index (κ3) is 3.69. The molecule has 0 nitrogen and oxygen atoms in total. The fraction of sp³-hybridized carbons (Fsp3) is 1.00. The molecule has 0 saturated carbocycles. The van der Waals surface area contributed by atoms with Crippen molar-refractivity contribution in [2.45, 2.75) is 31.9 Å². The van der Waals surface area contributed by atoms with Gasteiger partial charge in [0, 0.05) is 12.8 Å². The van der Waals surface area contributed by atoms with Crippen LogP contribution in [-0.4, -0.2) is 18.8 Å². The molecule has 0 saturated heterocycles. The maximum absolute atomic E-state index is 12.2. The fourth-order valence-corrected chi connectivity index (χ4v) is 0.523. The molecule has 0 aromatic rings. The van der Waals surface area contributed by atoms with Crippen LogP contribution < -0.4 is 0 Å². The molecular formula is C6H10F4. The van der Waals surface area contributed by atoms with Crippen LogP contribution in [0.1, 0.15) is 19.8 Å². The minimum Gasteiger partial charge on any atom is -0.248 e. The molecule has 0 aliphatic heterocycles. The van der Waals surface area contributed by atoms with Crippen LogP contribution in [0.3, 0.4) is 0 Å². The van der Waals surface area contributed by atoms with E-state index in [0.717, 1.165) is 0 Å². The van der Waals surface area contributed by atoms with E-state index in [1.54, 1.807) is 0 Å². The Morgan fingerprint density at radius 2 is 1.90 bits per heavy atom. The molecule has 0 heterocycles. The van der Waals surface area contributed by atoms with Crippen LogP contribution >= 0.6 is 0 Å². The molecule has 0 spiro atoms. The Bertz CT molecular complexity index is 91.7. The second-order valence-corrected chi connectivity index (χ2v) is 2.17. The molecule has 0 aliphatic rings. The summed E-state index contributed by atoms with van der Waals surface area (Å²) >= 11 is 0. The monoisotopic (exact) mass is 158 g/mol. The average Bonchev–Trinajstić information content (AvgIpc) is 1.87. The third-order valence-corrected chi connectivity index (χ3v) is 1.20. The Labute approximate surface area is 57.2 Å². The molecule has 1 unspecified atom stereocenters. The Morgan fingerprint density at radius 3 is 2.20 bits per heavy atom. The standard InChI is InChI=1S/C6H10F4/c1-2-6(9,10)3-5(8)4-7/h5H,2-4H2,1H3. The van der Waals surface area contributed by atoms with Crippen molar-refractivity contribution in [1.29, 1.82) is 0 Å². The second kappa shape index (κ2) is 3.78. The molecule has 0 N–H and O–H groups in total. The van der Waals surface area contributed by atoms with Crippen molar-refractivity contribution >= 4 is 0 Å². The van der Waals surface area contributed by atoms with Gasteiger partial charge in [-0.15, -0.1) is 0 Å². The molecule has 0 rings (SSSR count). The molecule has 0 amide bonds. The van der Waals surface area contributed by atoms with Gasteiger partial charge in [0.25, 0.3) is 5.92 Å². The third-order valence-electron chi connectivity index (χ3n) is 1.20. The summed E-state index contributed by atoms with van der Waals surface area (Å²) in [6.45, 7) is -0.0828. The van der Waals surface area contributed by atoms with Crippen LogP contribution in [0.5, 0.6) is 0 Å². The van der Waals surface area contributed by atoms with Crippen molar-refractivity contribution in [2.24, 2.45) is 0 Å². The predicted octanol–water partition coefficient (Wildman–Crippen LogP) is 2.73. The lowest BCUT2D eigenvalue weighted by molar-refractivity contribution is -0.0344. The molecule has 0 bridgehead atoms. The van der Waals surface area contributed by atoms with Gasteiger partial charge in [-0.1, -0.05) is 6.92 Å². The molecule has 10 heavy (non-hydrogen) atoms. The Morgan fingerprint density at radius 1 is 1.40 bits per heavy atom. The normalized spacial score (nSPS) is 15.3. The zero-order chi connectivity index (χ0) is 8.20. The lowest BCUT2D eigenvalue weighted by Gasteiger charge is -2.14. The van der Waals surface area contributed by atoms with Crippen molar-refractivity contribution in [3.8, 4) is 0 Å². The van der Waals surface area contributed by atoms with E-state index in [1.807, 2.05) is 0 Å². The maximum atomic E-state index is 12.2. The minimum atomic E-state index is -3.05. The smallest absolute Gasteiger partial charge is 0.248 e. The first-order valence-electron chi connectivity index (χ1n) is 3.09. The topological polar surface area (TPSA) is 0 Å². The van der Waals surface area contributed by atoms with Crippen molar-refractivity contribution in [3.63, 3.8) is 0 Å². The summed E-state index contributed by atoms with van der Waals surface area (Å²) in [5.41, 5.74) is 0. The van der Waals surface area contributed by atoms with E-state index in [-0.39, 0.29) is 0 Å². The van der Waals surface area contributed by atoms with Crippen molar-refractivity contribution in [1.82, 2.24) is 0 Å². The summed E-state index contributed by atoms with van der Waals surface area (Å²) < 4.78 is 47.7. The second-order valence-electron chi connectivity index (χ2n) is 2.17. The lowest BCUT2D eigenvalue weighted by Crippen LogP contribution is -2.21. The van der Waals surface area contributed by atoms with Gasteiger partial charge in [-0.3, -0.25) is 0 Å². The molecule has 1 atom stereocenters. The number of halogens is 4. The molecule has 0 radical (unpaired) electrons. The number of alkyl halides is 4. The van der Waals surface area contributed by atoms with E-state index in [4.69, 9.17) is 0 Å². The Hall–Kier alpha value is -0.280. The first kappa shape index (κ1) is 9.72. The molecule has 4 heteroatoms. The van der Waals surface area contributed by atoms with E-state index >= 15 is 0 Å². The van der Waals surface area contributed by atoms with E-state index in [0.29, 0.717) is 0 Å². The van der Waals surface area contributed by atoms with Gasteiger partial charge in [0.1, 0.15) is 12.8 Å². The quantitative estimate of drug-likeness (QED) is 0.552. The summed E-state index contributed by atoms with van der Waals surface area (Å²) in [5, 5.41) is 0. The number of hydrogen-bond acceptors (Lipinski definition) is 0. The molecule has 0 fully saturated rings. The number of rotatable bonds is 4. The first-order valence-corrected chi connectivity index (χ1v) is 3.09. The van der Waals surface area contributed by atoms with Crippen LogP contribution in [0, 0.1) is 0 Å². The highest BCUT2D eigenvalue weighted by molar-refractivity contribution is 4.69. The Balaban J connectivity index is 3.64. The van der Waals surface area contributed by atoms with Crippen LogP contribution in [0.15, 0.2) is 0 Å². The van der Waals surface area contributed by atoms with Gasteiger partial charge < -0.3 is 0 Å². The molecule has 62 valence electrons. The summed E-state index contributed by atoms with van der Waals surface area (Å²) in [4.78, 5) is 0. The van der Waals surface area contributed by atoms with E-state index in [2.05, 4.69) is 0 Å². The first-order chi connectivity index (χ1) is 4.52. The van der Waals surface area contributed by atoms with Gasteiger partial charge in [0.2, 0.25) is 0 Å². The zero-order valence-corrected chi connectivity index (χ0v) is 5.71. The van der Waals surface area contributed by atoms with Crippen molar-refractivity contribution in [2.75, 3.05) is 6.67 Å². The zero-order valence-electron chi connectivity index (χ0n) is 5.71. The SMILES string of the molecule is CCC(F)(F)CC(F)CF. The van der Waals surface area contributed by atoms with Crippen molar-refractivity contribution in [3.05, 3.63) is 0 Å². The van der Waals surface area contributed by atoms with Crippen LogP contribution in [0.25, 0.3) is 0 Å². The minimum absolute atomic E-state index is 0.437. The summed E-state index contributed by atoms with van der Waals surface area (Å²) in [5.74, 6) is -3.05. The van der Waals surface area contributed by atoms with Gasteiger partial charge in [-0.25, -0.2) is 17.6 Å². The van der Waals surface area contributed by atoms with Crippen molar-refractivity contribution < 1.29 is 17.6 Å². The largest absolute Gasteiger partial charge is 0.250 e. The molecule has 0 aromatic heterocycles. The molecule has 0 aromatic carbocycles. The van der Waals surface area contributed by atoms with E-state index < -0.39 is 31.6 Å². The summed E-state index contributed by atoms with van der Waals surface area (Å²) in [6, 6.07) is 0.